The number of carboxylic acids is 1. The Balaban J connectivity index is 2.14. The Morgan fingerprint density at radius 2 is 2.12 bits per heavy atom. The fourth-order valence-corrected chi connectivity index (χ4v) is 2.75. The molecule has 25 heavy (non-hydrogen) atoms. The Bertz CT molecular complexity index is 756. The number of nitrogens with one attached hydrogen (secondary N) is 1. The first-order valence-electron chi connectivity index (χ1n) is 7.98. The van der Waals surface area contributed by atoms with Crippen LogP contribution in [0.1, 0.15) is 31.0 Å². The van der Waals surface area contributed by atoms with E-state index in [2.05, 4.69) is 10.4 Å². The summed E-state index contributed by atoms with van der Waals surface area (Å²) in [7, 11) is 3.36. The molecule has 0 aliphatic rings. The van der Waals surface area contributed by atoms with Crippen LogP contribution in [0.15, 0.2) is 36.5 Å². The molecule has 0 spiro atoms. The van der Waals surface area contributed by atoms with Crippen LogP contribution in [0.2, 0.25) is 0 Å². The van der Waals surface area contributed by atoms with Crippen LogP contribution in [0.3, 0.4) is 0 Å². The predicted molar refractivity (Wildman–Crippen MR) is 92.3 cm³/mol. The van der Waals surface area contributed by atoms with Gasteiger partial charge in [0.2, 0.25) is 5.91 Å². The highest BCUT2D eigenvalue weighted by Crippen LogP contribution is 2.28. The number of carbonyl (C=O) groups is 2. The van der Waals surface area contributed by atoms with E-state index in [4.69, 9.17) is 4.74 Å². The minimum Gasteiger partial charge on any atom is -0.497 e. The number of hydrogen-bond donors (Lipinski definition) is 2. The van der Waals surface area contributed by atoms with Gasteiger partial charge in [0.1, 0.15) is 5.75 Å². The summed E-state index contributed by atoms with van der Waals surface area (Å²) in [5.41, 5.74) is 0.601. The van der Waals surface area contributed by atoms with Crippen molar-refractivity contribution < 1.29 is 19.4 Å². The zero-order valence-corrected chi connectivity index (χ0v) is 14.7. The van der Waals surface area contributed by atoms with Gasteiger partial charge >= 0.3 is 5.97 Å². The summed E-state index contributed by atoms with van der Waals surface area (Å²) in [6.45, 7) is 1.71. The van der Waals surface area contributed by atoms with Crippen molar-refractivity contribution in [1.29, 1.82) is 0 Å². The van der Waals surface area contributed by atoms with Gasteiger partial charge in [0.25, 0.3) is 0 Å². The number of aryl methyl sites for hydroxylation is 2. The number of hydrogen-bond acceptors (Lipinski definition) is 4. The van der Waals surface area contributed by atoms with Crippen LogP contribution in [-0.2, 0) is 28.6 Å². The van der Waals surface area contributed by atoms with Gasteiger partial charge in [-0.25, -0.2) is 0 Å². The number of methoxy groups -OCH3 is 1. The van der Waals surface area contributed by atoms with Gasteiger partial charge in [-0.3, -0.25) is 14.3 Å². The molecule has 0 saturated heterocycles. The van der Waals surface area contributed by atoms with Crippen molar-refractivity contribution in [3.8, 4) is 5.75 Å². The molecule has 1 heterocycles. The van der Waals surface area contributed by atoms with Gasteiger partial charge in [-0.05, 0) is 37.1 Å². The molecular formula is C18H23N3O4. The molecule has 0 bridgehead atoms. The monoisotopic (exact) mass is 345 g/mol. The number of amides is 1. The third-order valence-electron chi connectivity index (χ3n) is 4.16. The van der Waals surface area contributed by atoms with Gasteiger partial charge < -0.3 is 15.2 Å². The van der Waals surface area contributed by atoms with E-state index in [1.165, 1.54) is 0 Å². The topological polar surface area (TPSA) is 93.4 Å². The van der Waals surface area contributed by atoms with E-state index in [9.17, 15) is 14.7 Å². The van der Waals surface area contributed by atoms with E-state index in [-0.39, 0.29) is 18.7 Å². The van der Waals surface area contributed by atoms with Gasteiger partial charge in [-0.15, -0.1) is 0 Å². The van der Waals surface area contributed by atoms with Crippen molar-refractivity contribution in [2.24, 2.45) is 7.05 Å². The molecule has 2 N–H and O–H groups in total. The minimum absolute atomic E-state index is 0.215. The lowest BCUT2D eigenvalue weighted by molar-refractivity contribution is -0.139. The molecule has 1 unspecified atom stereocenters. The molecule has 134 valence electrons. The molecule has 2 rings (SSSR count). The van der Waals surface area contributed by atoms with Crippen LogP contribution in [0.25, 0.3) is 0 Å². The average Bonchev–Trinajstić information content (AvgIpc) is 2.97. The number of nitrogens with zero attached hydrogens (tertiary/aromatic N) is 2. The van der Waals surface area contributed by atoms with Crippen molar-refractivity contribution in [2.75, 3.05) is 7.11 Å². The Hall–Kier alpha value is -2.83. The fourth-order valence-electron chi connectivity index (χ4n) is 2.75. The standard InChI is InChI=1S/C18H23N3O4/c1-18(12-17(23)24,13-5-4-6-15(11-13)25-3)20-16(22)8-7-14-9-10-19-21(14)2/h4-6,9-11H,7-8,12H2,1-3H3,(H,20,22)(H,23,24). The molecular weight excluding hydrogens is 322 g/mol. The molecule has 1 aromatic carbocycles. The molecule has 7 heteroatoms. The first-order chi connectivity index (χ1) is 11.8. The molecule has 0 aliphatic carbocycles. The maximum Gasteiger partial charge on any atom is 0.306 e. The summed E-state index contributed by atoms with van der Waals surface area (Å²) in [6.07, 6.45) is 2.23. The van der Waals surface area contributed by atoms with Crippen LogP contribution in [0.5, 0.6) is 5.75 Å². The molecule has 2 aromatic rings. The van der Waals surface area contributed by atoms with Crippen LogP contribution < -0.4 is 10.1 Å². The molecule has 0 radical (unpaired) electrons. The highest BCUT2D eigenvalue weighted by atomic mass is 16.5. The van der Waals surface area contributed by atoms with Crippen molar-refractivity contribution in [1.82, 2.24) is 15.1 Å². The Labute approximate surface area is 146 Å². The molecule has 1 aromatic heterocycles. The van der Waals surface area contributed by atoms with Crippen molar-refractivity contribution >= 4 is 11.9 Å². The van der Waals surface area contributed by atoms with Crippen LogP contribution >= 0.6 is 0 Å². The zero-order chi connectivity index (χ0) is 18.4. The van der Waals surface area contributed by atoms with E-state index in [0.29, 0.717) is 17.7 Å². The first kappa shape index (κ1) is 18.5. The van der Waals surface area contributed by atoms with Gasteiger partial charge in [0.15, 0.2) is 0 Å². The van der Waals surface area contributed by atoms with Crippen LogP contribution in [0, 0.1) is 0 Å². The summed E-state index contributed by atoms with van der Waals surface area (Å²) >= 11 is 0. The van der Waals surface area contributed by atoms with Crippen LogP contribution in [0.4, 0.5) is 0 Å². The van der Waals surface area contributed by atoms with Gasteiger partial charge in [-0.2, -0.15) is 5.10 Å². The van der Waals surface area contributed by atoms with E-state index in [1.54, 1.807) is 49.2 Å². The fraction of sp³-hybridized carbons (Fsp3) is 0.389. The Morgan fingerprint density at radius 3 is 2.72 bits per heavy atom. The van der Waals surface area contributed by atoms with Crippen molar-refractivity contribution in [3.05, 3.63) is 47.8 Å². The molecule has 7 nitrogen and oxygen atoms in total. The SMILES string of the molecule is COc1cccc(C(C)(CC(=O)O)NC(=O)CCc2ccnn2C)c1. The van der Waals surface area contributed by atoms with E-state index >= 15 is 0 Å². The molecule has 0 saturated carbocycles. The molecule has 0 fully saturated rings. The summed E-state index contributed by atoms with van der Waals surface area (Å²) in [5.74, 6) is -0.594. The molecule has 1 atom stereocenters. The maximum absolute atomic E-state index is 12.4. The number of carboxylic acid groups (broad SMARTS) is 1. The largest absolute Gasteiger partial charge is 0.497 e. The van der Waals surface area contributed by atoms with Gasteiger partial charge in [0, 0.05) is 25.4 Å². The summed E-state index contributed by atoms with van der Waals surface area (Å²) < 4.78 is 6.91. The summed E-state index contributed by atoms with van der Waals surface area (Å²) in [5, 5.41) is 16.2. The average molecular weight is 345 g/mol. The second kappa shape index (κ2) is 7.83. The van der Waals surface area contributed by atoms with Crippen LogP contribution in [-0.4, -0.2) is 33.9 Å². The predicted octanol–water partition coefficient (Wildman–Crippen LogP) is 1.87. The van der Waals surface area contributed by atoms with E-state index in [1.807, 2.05) is 13.1 Å². The highest BCUT2D eigenvalue weighted by Gasteiger charge is 2.31. The number of aromatic nitrogens is 2. The number of aliphatic carboxylic acids is 1. The smallest absolute Gasteiger partial charge is 0.306 e. The quantitative estimate of drug-likeness (QED) is 0.762. The maximum atomic E-state index is 12.4. The lowest BCUT2D eigenvalue weighted by Crippen LogP contribution is -2.45. The van der Waals surface area contributed by atoms with Gasteiger partial charge in [-0.1, -0.05) is 12.1 Å². The second-order valence-electron chi connectivity index (χ2n) is 6.13. The number of carbonyl (C=O) groups excluding carboxylic acids is 1. The molecule has 0 aliphatic heterocycles. The normalized spacial score (nSPS) is 13.1. The lowest BCUT2D eigenvalue weighted by atomic mass is 9.88. The highest BCUT2D eigenvalue weighted by molar-refractivity contribution is 5.79. The zero-order valence-electron chi connectivity index (χ0n) is 14.7. The van der Waals surface area contributed by atoms with Crippen molar-refractivity contribution in [3.63, 3.8) is 0 Å². The third-order valence-corrected chi connectivity index (χ3v) is 4.16. The van der Waals surface area contributed by atoms with E-state index < -0.39 is 11.5 Å². The lowest BCUT2D eigenvalue weighted by Gasteiger charge is -2.30. The summed E-state index contributed by atoms with van der Waals surface area (Å²) in [4.78, 5) is 23.7. The Morgan fingerprint density at radius 1 is 1.36 bits per heavy atom. The number of benzene rings is 1. The first-order valence-corrected chi connectivity index (χ1v) is 7.98. The van der Waals surface area contributed by atoms with E-state index in [0.717, 1.165) is 5.69 Å². The molecule has 1 amide bonds. The number of ether oxygens (including phenoxy) is 1. The minimum atomic E-state index is -1.02. The summed E-state index contributed by atoms with van der Waals surface area (Å²) in [6, 6.07) is 8.92. The Kier molecular flexibility index (Phi) is 5.80. The van der Waals surface area contributed by atoms with Crippen molar-refractivity contribution in [2.45, 2.75) is 31.7 Å². The number of rotatable bonds is 8. The van der Waals surface area contributed by atoms with Gasteiger partial charge in [0.05, 0.1) is 19.1 Å². The second-order valence-corrected chi connectivity index (χ2v) is 6.13. The third kappa shape index (κ3) is 4.82.